The van der Waals surface area contributed by atoms with Crippen molar-refractivity contribution in [2.75, 3.05) is 7.11 Å². The summed E-state index contributed by atoms with van der Waals surface area (Å²) in [7, 11) is 1.59. The molecule has 2 rings (SSSR count). The number of ether oxygens (including phenoxy) is 1. The number of benzene rings is 1. The Labute approximate surface area is 115 Å². The topological polar surface area (TPSA) is 77.6 Å². The molecule has 0 unspecified atom stereocenters. The molecule has 1 heterocycles. The minimum absolute atomic E-state index is 0.365. The highest BCUT2D eigenvalue weighted by molar-refractivity contribution is 5.94. The number of aromatic nitrogens is 1. The van der Waals surface area contributed by atoms with E-state index in [4.69, 9.17) is 4.74 Å². The Morgan fingerprint density at radius 3 is 2.50 bits per heavy atom. The van der Waals surface area contributed by atoms with Crippen molar-refractivity contribution in [2.45, 2.75) is 0 Å². The number of methoxy groups -OCH3 is 1. The van der Waals surface area contributed by atoms with E-state index >= 15 is 0 Å². The first-order chi connectivity index (χ1) is 9.69. The third kappa shape index (κ3) is 3.55. The molecule has 0 bridgehead atoms. The molecule has 1 N–H and O–H groups in total. The summed E-state index contributed by atoms with van der Waals surface area (Å²) < 4.78 is 5.65. The van der Waals surface area contributed by atoms with Crippen LogP contribution in [0.3, 0.4) is 0 Å². The molecule has 2 aromatic rings. The van der Waals surface area contributed by atoms with Gasteiger partial charge in [0, 0.05) is 12.1 Å². The number of hydrogen-bond donors (Lipinski definition) is 1. The van der Waals surface area contributed by atoms with Crippen LogP contribution in [0.2, 0.25) is 0 Å². The fraction of sp³-hybridized carbons (Fsp3) is 0.0714. The van der Waals surface area contributed by atoms with E-state index in [-0.39, 0.29) is 5.91 Å². The largest absolute Gasteiger partial charge is 0.619 e. The number of hydrogen-bond acceptors (Lipinski definition) is 4. The van der Waals surface area contributed by atoms with Crippen molar-refractivity contribution >= 4 is 12.1 Å². The molecule has 102 valence electrons. The molecule has 0 aliphatic rings. The van der Waals surface area contributed by atoms with Gasteiger partial charge in [-0.15, -0.1) is 0 Å². The van der Waals surface area contributed by atoms with Crippen molar-refractivity contribution < 1.29 is 14.3 Å². The van der Waals surface area contributed by atoms with Crippen LogP contribution in [0, 0.1) is 5.21 Å². The van der Waals surface area contributed by atoms with Crippen molar-refractivity contribution in [1.82, 2.24) is 5.43 Å². The number of amides is 1. The normalized spacial score (nSPS) is 10.4. The van der Waals surface area contributed by atoms with Gasteiger partial charge in [-0.25, -0.2) is 5.43 Å². The van der Waals surface area contributed by atoms with Crippen LogP contribution < -0.4 is 14.9 Å². The lowest BCUT2D eigenvalue weighted by Gasteiger charge is -2.00. The summed E-state index contributed by atoms with van der Waals surface area (Å²) in [5, 5.41) is 14.7. The highest BCUT2D eigenvalue weighted by atomic mass is 16.5. The Kier molecular flexibility index (Phi) is 4.28. The molecular weight excluding hydrogens is 258 g/mol. The number of carbonyl (C=O) groups excluding carboxylic acids is 1. The van der Waals surface area contributed by atoms with Gasteiger partial charge < -0.3 is 9.94 Å². The van der Waals surface area contributed by atoms with E-state index in [1.165, 1.54) is 30.7 Å². The quantitative estimate of drug-likeness (QED) is 0.391. The Bertz CT molecular complexity index is 607. The van der Waals surface area contributed by atoms with Crippen molar-refractivity contribution in [2.24, 2.45) is 5.10 Å². The lowest BCUT2D eigenvalue weighted by Crippen LogP contribution is -2.26. The van der Waals surface area contributed by atoms with E-state index in [2.05, 4.69) is 10.5 Å². The number of rotatable bonds is 4. The van der Waals surface area contributed by atoms with Gasteiger partial charge in [-0.2, -0.15) is 9.83 Å². The average Bonchev–Trinajstić information content (AvgIpc) is 2.48. The standard InChI is InChI=1S/C14H13N3O3/c1-20-13-4-2-11(3-5-13)10-15-16-14(18)12-6-8-17(19)9-7-12/h2-10H,1H3,(H,16,18)/b15-10+. The maximum absolute atomic E-state index is 11.7. The van der Waals surface area contributed by atoms with Gasteiger partial charge in [0.25, 0.3) is 5.91 Å². The van der Waals surface area contributed by atoms with E-state index in [9.17, 15) is 10.0 Å². The number of nitrogens with zero attached hydrogens (tertiary/aromatic N) is 2. The Hall–Kier alpha value is -2.89. The lowest BCUT2D eigenvalue weighted by molar-refractivity contribution is -0.605. The minimum Gasteiger partial charge on any atom is -0.619 e. The van der Waals surface area contributed by atoms with Crippen LogP contribution in [0.1, 0.15) is 15.9 Å². The van der Waals surface area contributed by atoms with Crippen LogP contribution in [-0.4, -0.2) is 19.2 Å². The Morgan fingerprint density at radius 2 is 1.90 bits per heavy atom. The lowest BCUT2D eigenvalue weighted by atomic mass is 10.2. The van der Waals surface area contributed by atoms with Crippen molar-refractivity contribution in [1.29, 1.82) is 0 Å². The van der Waals surface area contributed by atoms with Gasteiger partial charge in [0.2, 0.25) is 0 Å². The zero-order valence-corrected chi connectivity index (χ0v) is 10.8. The molecule has 1 aromatic heterocycles. The maximum Gasteiger partial charge on any atom is 0.271 e. The smallest absolute Gasteiger partial charge is 0.271 e. The summed E-state index contributed by atoms with van der Waals surface area (Å²) in [6.45, 7) is 0. The van der Waals surface area contributed by atoms with Crippen LogP contribution in [-0.2, 0) is 0 Å². The molecule has 6 heteroatoms. The SMILES string of the molecule is COc1ccc(/C=N/NC(=O)c2cc[n+]([O-])cc2)cc1. The highest BCUT2D eigenvalue weighted by Crippen LogP contribution is 2.09. The molecule has 0 radical (unpaired) electrons. The third-order valence-electron chi connectivity index (χ3n) is 2.56. The summed E-state index contributed by atoms with van der Waals surface area (Å²) in [6, 6.07) is 10.1. The van der Waals surface area contributed by atoms with Gasteiger partial charge in [-0.1, -0.05) is 0 Å². The van der Waals surface area contributed by atoms with E-state index < -0.39 is 0 Å². The van der Waals surface area contributed by atoms with Crippen LogP contribution >= 0.6 is 0 Å². The van der Waals surface area contributed by atoms with Gasteiger partial charge in [0.05, 0.1) is 18.9 Å². The summed E-state index contributed by atoms with van der Waals surface area (Å²) in [6.07, 6.45) is 4.03. The molecular formula is C14H13N3O3. The molecule has 0 aliphatic carbocycles. The molecule has 0 saturated heterocycles. The second kappa shape index (κ2) is 6.33. The van der Waals surface area contributed by atoms with E-state index in [0.29, 0.717) is 10.3 Å². The first-order valence-corrected chi connectivity index (χ1v) is 5.85. The number of carbonyl (C=O) groups is 1. The number of pyridine rings is 1. The fourth-order valence-corrected chi connectivity index (χ4v) is 1.48. The number of hydrazone groups is 1. The maximum atomic E-state index is 11.7. The first-order valence-electron chi connectivity index (χ1n) is 5.85. The van der Waals surface area contributed by atoms with Gasteiger partial charge in [-0.3, -0.25) is 4.79 Å². The van der Waals surface area contributed by atoms with Crippen molar-refractivity contribution in [3.8, 4) is 5.75 Å². The first kappa shape index (κ1) is 13.5. The molecule has 0 spiro atoms. The predicted molar refractivity (Wildman–Crippen MR) is 73.5 cm³/mol. The summed E-state index contributed by atoms with van der Waals surface area (Å²) in [5.41, 5.74) is 3.58. The second-order valence-electron chi connectivity index (χ2n) is 3.92. The molecule has 20 heavy (non-hydrogen) atoms. The zero-order valence-electron chi connectivity index (χ0n) is 10.8. The molecule has 1 aromatic carbocycles. The molecule has 0 saturated carbocycles. The fourth-order valence-electron chi connectivity index (χ4n) is 1.48. The monoisotopic (exact) mass is 271 g/mol. The molecule has 0 aliphatic heterocycles. The number of nitrogens with one attached hydrogen (secondary N) is 1. The molecule has 6 nitrogen and oxygen atoms in total. The van der Waals surface area contributed by atoms with Gasteiger partial charge in [0.15, 0.2) is 12.4 Å². The molecule has 1 amide bonds. The zero-order chi connectivity index (χ0) is 14.4. The Morgan fingerprint density at radius 1 is 1.25 bits per heavy atom. The summed E-state index contributed by atoms with van der Waals surface area (Å²) in [5.74, 6) is 0.372. The van der Waals surface area contributed by atoms with E-state index in [1.54, 1.807) is 19.2 Å². The van der Waals surface area contributed by atoms with Crippen LogP contribution in [0.25, 0.3) is 0 Å². The second-order valence-corrected chi connectivity index (χ2v) is 3.92. The van der Waals surface area contributed by atoms with E-state index in [0.717, 1.165) is 11.3 Å². The summed E-state index contributed by atoms with van der Waals surface area (Å²) in [4.78, 5) is 11.7. The predicted octanol–water partition coefficient (Wildman–Crippen LogP) is 1.09. The van der Waals surface area contributed by atoms with Crippen LogP contribution in [0.4, 0.5) is 0 Å². The average molecular weight is 271 g/mol. The molecule has 0 atom stereocenters. The molecule has 0 fully saturated rings. The van der Waals surface area contributed by atoms with Crippen LogP contribution in [0.5, 0.6) is 5.75 Å². The third-order valence-corrected chi connectivity index (χ3v) is 2.56. The Balaban J connectivity index is 1.95. The minimum atomic E-state index is -0.379. The van der Waals surface area contributed by atoms with Gasteiger partial charge >= 0.3 is 0 Å². The van der Waals surface area contributed by atoms with Crippen molar-refractivity contribution in [3.05, 3.63) is 65.1 Å². The highest BCUT2D eigenvalue weighted by Gasteiger charge is 2.04. The summed E-state index contributed by atoms with van der Waals surface area (Å²) >= 11 is 0. The van der Waals surface area contributed by atoms with E-state index in [1.807, 2.05) is 12.1 Å². The van der Waals surface area contributed by atoms with Gasteiger partial charge in [0.1, 0.15) is 5.75 Å². The van der Waals surface area contributed by atoms with Crippen LogP contribution in [0.15, 0.2) is 53.9 Å². The van der Waals surface area contributed by atoms with Gasteiger partial charge in [-0.05, 0) is 29.8 Å². The van der Waals surface area contributed by atoms with Crippen molar-refractivity contribution in [3.63, 3.8) is 0 Å².